The van der Waals surface area contributed by atoms with Crippen molar-refractivity contribution in [3.63, 3.8) is 0 Å². The molecular weight excluding hydrogens is 696 g/mol. The zero-order valence-corrected chi connectivity index (χ0v) is 33.6. The van der Waals surface area contributed by atoms with Crippen molar-refractivity contribution in [3.8, 4) is 0 Å². The molecule has 0 bridgehead atoms. The van der Waals surface area contributed by atoms with Crippen molar-refractivity contribution in [2.75, 3.05) is 6.61 Å². The van der Waals surface area contributed by atoms with E-state index in [1.54, 1.807) is 0 Å². The van der Waals surface area contributed by atoms with E-state index in [2.05, 4.69) is 60.6 Å². The van der Waals surface area contributed by atoms with Gasteiger partial charge in [-0.15, -0.1) is 0 Å². The minimum Gasteiger partial charge on any atom is -0.394 e. The molecule has 21 atom stereocenters. The Kier molecular flexibility index (Phi) is 12.6. The molecule has 0 aromatic heterocycles. The summed E-state index contributed by atoms with van der Waals surface area (Å²) in [5.74, 6) is 0.473. The summed E-state index contributed by atoms with van der Waals surface area (Å²) in [6.07, 6.45) is -5.05. The van der Waals surface area contributed by atoms with E-state index in [9.17, 15) is 40.9 Å². The Morgan fingerprint density at radius 2 is 1.43 bits per heavy atom. The smallest absolute Gasteiger partial charge is 0.187 e. The van der Waals surface area contributed by atoms with Crippen LogP contribution in [0.1, 0.15) is 107 Å². The third-order valence-electron chi connectivity index (χ3n) is 15.8. The number of rotatable bonds is 9. The van der Waals surface area contributed by atoms with Crippen LogP contribution in [0.3, 0.4) is 0 Å². The first-order chi connectivity index (χ1) is 25.3. The highest BCUT2D eigenvalue weighted by Gasteiger charge is 2.69. The lowest BCUT2D eigenvalue weighted by Gasteiger charge is -2.68. The molecule has 0 aromatic rings. The molecule has 12 heteroatoms. The lowest BCUT2D eigenvalue weighted by molar-refractivity contribution is -0.379. The maximum absolute atomic E-state index is 12.2. The quantitative estimate of drug-likeness (QED) is 0.126. The van der Waals surface area contributed by atoms with E-state index in [-0.39, 0.29) is 40.4 Å². The van der Waals surface area contributed by atoms with E-state index in [0.717, 1.165) is 25.7 Å². The summed E-state index contributed by atoms with van der Waals surface area (Å²) in [7, 11) is 0. The summed E-state index contributed by atoms with van der Waals surface area (Å²) in [4.78, 5) is 0. The standard InChI is InChI=1S/C42H70O12/c1-9-40(6)29(45)14-16-42(8)24-17-26(44)30-23(21(4)12-10-11-20(2)3)13-15-41(30,7)25(24)18-27(37(40)42)52-39-36(34(49)32(47)28(19-43)53-39)54-38-35(50)33(48)31(46)22(5)51-38/h11-12,22-39,43-50H,9-10,13-19H2,1-8H3/b21-12-/t22-,23+,24+,25-,26-,27+,28+,29+,30+,31-,32+,33+,34-,35+,36+,37+,38-,39+,40+,41+,42+/m0/s1. The van der Waals surface area contributed by atoms with Crippen molar-refractivity contribution < 1.29 is 59.8 Å². The predicted octanol–water partition coefficient (Wildman–Crippen LogP) is 2.95. The highest BCUT2D eigenvalue weighted by molar-refractivity contribution is 5.21. The fourth-order valence-electron chi connectivity index (χ4n) is 12.6. The molecule has 0 spiro atoms. The van der Waals surface area contributed by atoms with Crippen LogP contribution in [-0.4, -0.2) is 127 Å². The van der Waals surface area contributed by atoms with Crippen molar-refractivity contribution in [1.82, 2.24) is 0 Å². The highest BCUT2D eigenvalue weighted by Crippen LogP contribution is 2.71. The number of hydrogen-bond donors (Lipinski definition) is 8. The number of aliphatic hydroxyl groups excluding tert-OH is 8. The summed E-state index contributed by atoms with van der Waals surface area (Å²) in [6, 6.07) is 0. The zero-order chi connectivity index (χ0) is 39.7. The van der Waals surface area contributed by atoms with E-state index in [1.807, 2.05) is 0 Å². The van der Waals surface area contributed by atoms with Gasteiger partial charge in [0.15, 0.2) is 12.6 Å². The maximum Gasteiger partial charge on any atom is 0.187 e. The molecule has 0 unspecified atom stereocenters. The third-order valence-corrected chi connectivity index (χ3v) is 15.8. The molecular formula is C42H70O12. The van der Waals surface area contributed by atoms with Gasteiger partial charge in [-0.25, -0.2) is 0 Å². The molecule has 12 nitrogen and oxygen atoms in total. The van der Waals surface area contributed by atoms with E-state index in [0.29, 0.717) is 25.7 Å². The average molecular weight is 767 g/mol. The van der Waals surface area contributed by atoms with Crippen molar-refractivity contribution in [3.05, 3.63) is 23.3 Å². The van der Waals surface area contributed by atoms with Crippen LogP contribution in [0.2, 0.25) is 0 Å². The van der Waals surface area contributed by atoms with E-state index < -0.39 is 91.7 Å². The largest absolute Gasteiger partial charge is 0.394 e. The van der Waals surface area contributed by atoms with Crippen LogP contribution in [0.5, 0.6) is 0 Å². The Hall–Kier alpha value is -1.00. The van der Waals surface area contributed by atoms with Crippen LogP contribution < -0.4 is 0 Å². The number of ether oxygens (including phenoxy) is 4. The molecule has 6 fully saturated rings. The number of aliphatic hydroxyl groups is 8. The molecule has 2 saturated heterocycles. The molecule has 310 valence electrons. The van der Waals surface area contributed by atoms with E-state index in [4.69, 9.17) is 18.9 Å². The SMILES string of the molecule is CC[C@@]1(C)[C@H]2[C@H](O[C@@H]3O[C@H](CO)[C@@H](O)[C@H](O)[C@H]3O[C@@H]3O[C@@H](C)[C@H](O)[C@@H](O)[C@H]3O)C[C@H]3[C@@H](C[C@H](O)[C@H]4[C@@H](/C(C)=C\CC=C(C)C)CC[C@@]43C)[C@@]2(C)CC[C@H]1O. The Morgan fingerprint density at radius 1 is 0.759 bits per heavy atom. The van der Waals surface area contributed by atoms with Gasteiger partial charge < -0.3 is 59.8 Å². The van der Waals surface area contributed by atoms with E-state index in [1.165, 1.54) is 18.1 Å². The minimum absolute atomic E-state index is 0.0701. The number of hydrogen-bond acceptors (Lipinski definition) is 12. The lowest BCUT2D eigenvalue weighted by Crippen LogP contribution is -2.68. The van der Waals surface area contributed by atoms with Gasteiger partial charge >= 0.3 is 0 Å². The molecule has 6 rings (SSSR count). The summed E-state index contributed by atoms with van der Waals surface area (Å²) in [5.41, 5.74) is 1.50. The van der Waals surface area contributed by atoms with Gasteiger partial charge in [0.25, 0.3) is 0 Å². The van der Waals surface area contributed by atoms with Crippen LogP contribution >= 0.6 is 0 Å². The van der Waals surface area contributed by atoms with Gasteiger partial charge in [0.05, 0.1) is 31.0 Å². The molecule has 4 aliphatic carbocycles. The second-order valence-electron chi connectivity index (χ2n) is 19.0. The first-order valence-corrected chi connectivity index (χ1v) is 20.6. The monoisotopic (exact) mass is 766 g/mol. The summed E-state index contributed by atoms with van der Waals surface area (Å²) >= 11 is 0. The molecule has 0 amide bonds. The van der Waals surface area contributed by atoms with Crippen molar-refractivity contribution in [2.24, 2.45) is 45.8 Å². The summed E-state index contributed by atoms with van der Waals surface area (Å²) in [6.45, 7) is 16.2. The van der Waals surface area contributed by atoms with E-state index >= 15 is 0 Å². The van der Waals surface area contributed by atoms with Crippen molar-refractivity contribution in [1.29, 1.82) is 0 Å². The van der Waals surface area contributed by atoms with Crippen LogP contribution in [0.15, 0.2) is 23.3 Å². The predicted molar refractivity (Wildman–Crippen MR) is 199 cm³/mol. The third kappa shape index (κ3) is 7.10. The minimum atomic E-state index is -1.67. The molecule has 0 radical (unpaired) electrons. The van der Waals surface area contributed by atoms with Gasteiger partial charge in [0.2, 0.25) is 0 Å². The first kappa shape index (κ1) is 42.6. The molecule has 2 aliphatic heterocycles. The van der Waals surface area contributed by atoms with Crippen LogP contribution in [-0.2, 0) is 18.9 Å². The first-order valence-electron chi connectivity index (χ1n) is 20.6. The molecule has 6 aliphatic rings. The van der Waals surface area contributed by atoms with Gasteiger partial charge in [-0.3, -0.25) is 0 Å². The molecule has 54 heavy (non-hydrogen) atoms. The van der Waals surface area contributed by atoms with Gasteiger partial charge in [0, 0.05) is 0 Å². The molecule has 2 heterocycles. The van der Waals surface area contributed by atoms with Crippen molar-refractivity contribution >= 4 is 0 Å². The van der Waals surface area contributed by atoms with Gasteiger partial charge in [0.1, 0.15) is 42.7 Å². The maximum atomic E-state index is 12.2. The van der Waals surface area contributed by atoms with Crippen LogP contribution in [0.4, 0.5) is 0 Å². The topological polar surface area (TPSA) is 199 Å². The summed E-state index contributed by atoms with van der Waals surface area (Å²) < 4.78 is 25.2. The fraction of sp³-hybridized carbons (Fsp3) is 0.905. The van der Waals surface area contributed by atoms with Gasteiger partial charge in [-0.2, -0.15) is 0 Å². The van der Waals surface area contributed by atoms with Crippen molar-refractivity contribution in [2.45, 2.75) is 186 Å². The molecule has 8 N–H and O–H groups in total. The van der Waals surface area contributed by atoms with Crippen LogP contribution in [0, 0.1) is 45.8 Å². The highest BCUT2D eigenvalue weighted by atomic mass is 16.8. The zero-order valence-electron chi connectivity index (χ0n) is 33.6. The average Bonchev–Trinajstić information content (AvgIpc) is 3.50. The van der Waals surface area contributed by atoms with Crippen LogP contribution in [0.25, 0.3) is 0 Å². The Bertz CT molecular complexity index is 1370. The van der Waals surface area contributed by atoms with Gasteiger partial charge in [-0.1, -0.05) is 51.0 Å². The summed E-state index contributed by atoms with van der Waals surface area (Å²) in [5, 5.41) is 88.3. The van der Waals surface area contributed by atoms with Gasteiger partial charge in [-0.05, 0) is 125 Å². The second-order valence-corrected chi connectivity index (χ2v) is 19.0. The number of allylic oxidation sites excluding steroid dienone is 4. The molecule has 4 saturated carbocycles. The Labute approximate surface area is 321 Å². The Morgan fingerprint density at radius 3 is 2.07 bits per heavy atom. The normalized spacial score (nSPS) is 53.7. The lowest BCUT2D eigenvalue weighted by atomic mass is 9.38. The molecule has 0 aromatic carbocycles. The second kappa shape index (κ2) is 16.0. The Balaban J connectivity index is 1.37. The number of fused-ring (bicyclic) bond motifs is 5. The fourth-order valence-corrected chi connectivity index (χ4v) is 12.6.